The number of fused-ring (bicyclic) bond motifs is 1. The topological polar surface area (TPSA) is 119 Å². The van der Waals surface area contributed by atoms with Crippen molar-refractivity contribution in [3.63, 3.8) is 0 Å². The molecule has 0 saturated heterocycles. The number of aromatic nitrogens is 4. The lowest BCUT2D eigenvalue weighted by Gasteiger charge is -2.12. The Morgan fingerprint density at radius 3 is 2.75 bits per heavy atom. The Bertz CT molecular complexity index is 810. The van der Waals surface area contributed by atoms with E-state index in [4.69, 9.17) is 9.47 Å². The molecule has 8 nitrogen and oxygen atoms in total. The second-order valence-electron chi connectivity index (χ2n) is 5.61. The van der Waals surface area contributed by atoms with Crippen LogP contribution in [0.15, 0.2) is 11.4 Å². The molecule has 0 radical (unpaired) electrons. The van der Waals surface area contributed by atoms with Gasteiger partial charge in [0.2, 0.25) is 11.8 Å². The van der Waals surface area contributed by atoms with Crippen LogP contribution in [0.2, 0.25) is 0 Å². The van der Waals surface area contributed by atoms with Gasteiger partial charge in [0.25, 0.3) is 0 Å². The van der Waals surface area contributed by atoms with Crippen molar-refractivity contribution in [1.82, 2.24) is 19.9 Å². The summed E-state index contributed by atoms with van der Waals surface area (Å²) in [5.41, 5.74) is 2.41. The van der Waals surface area contributed by atoms with Crippen molar-refractivity contribution in [2.45, 2.75) is 30.2 Å². The van der Waals surface area contributed by atoms with Gasteiger partial charge in [0, 0.05) is 18.6 Å². The summed E-state index contributed by atoms with van der Waals surface area (Å²) in [4.78, 5) is 17.6. The van der Waals surface area contributed by atoms with Crippen molar-refractivity contribution in [2.75, 3.05) is 20.0 Å². The zero-order valence-electron chi connectivity index (χ0n) is 13.4. The summed E-state index contributed by atoms with van der Waals surface area (Å²) in [5.74, 6) is 1.76. The van der Waals surface area contributed by atoms with Crippen LogP contribution < -0.4 is 9.47 Å². The minimum Gasteiger partial charge on any atom is -0.480 e. The fraction of sp³-hybridized carbons (Fsp3) is 0.467. The zero-order valence-corrected chi connectivity index (χ0v) is 14.2. The van der Waals surface area contributed by atoms with Gasteiger partial charge in [-0.2, -0.15) is 4.98 Å². The van der Waals surface area contributed by atoms with Crippen LogP contribution in [-0.2, 0) is 17.2 Å². The molecule has 4 rings (SSSR count). The molecule has 0 aromatic carbocycles. The molecule has 24 heavy (non-hydrogen) atoms. The average Bonchev–Trinajstić information content (AvgIpc) is 3.30. The maximum Gasteiger partial charge on any atom is 0.227 e. The molecule has 1 unspecified atom stereocenters. The minimum atomic E-state index is -1.22. The van der Waals surface area contributed by atoms with Crippen LogP contribution in [0.4, 0.5) is 0 Å². The molecule has 0 amide bonds. The van der Waals surface area contributed by atoms with Gasteiger partial charge in [-0.25, -0.2) is 15.0 Å². The predicted molar refractivity (Wildman–Crippen MR) is 86.7 cm³/mol. The fourth-order valence-electron chi connectivity index (χ4n) is 2.79. The van der Waals surface area contributed by atoms with Gasteiger partial charge in [-0.3, -0.25) is 4.21 Å². The van der Waals surface area contributed by atoms with E-state index in [2.05, 4.69) is 19.9 Å². The Labute approximate surface area is 141 Å². The van der Waals surface area contributed by atoms with Crippen LogP contribution in [0.5, 0.6) is 11.8 Å². The first-order valence-electron chi connectivity index (χ1n) is 7.45. The van der Waals surface area contributed by atoms with Crippen LogP contribution in [-0.4, -0.2) is 49.6 Å². The summed E-state index contributed by atoms with van der Waals surface area (Å²) in [6, 6.07) is 0. The maximum atomic E-state index is 12.1. The van der Waals surface area contributed by atoms with Crippen molar-refractivity contribution in [2.24, 2.45) is 0 Å². The van der Waals surface area contributed by atoms with E-state index in [-0.39, 0.29) is 5.48 Å². The SMILES string of the molecule is COc1ncnc(C2CC2)c1-c1nc2c(c(S(C)=O)n1)CCO2.O. The fourth-order valence-corrected chi connectivity index (χ4v) is 3.54. The quantitative estimate of drug-likeness (QED) is 0.743. The van der Waals surface area contributed by atoms with Gasteiger partial charge >= 0.3 is 0 Å². The van der Waals surface area contributed by atoms with Gasteiger partial charge in [-0.15, -0.1) is 0 Å². The molecule has 9 heteroatoms. The van der Waals surface area contributed by atoms with Gasteiger partial charge in [0.1, 0.15) is 16.9 Å². The van der Waals surface area contributed by atoms with Crippen molar-refractivity contribution in [3.05, 3.63) is 17.6 Å². The van der Waals surface area contributed by atoms with Crippen LogP contribution in [0.1, 0.15) is 30.0 Å². The average molecular weight is 350 g/mol. The van der Waals surface area contributed by atoms with Gasteiger partial charge in [0.05, 0.1) is 35.8 Å². The number of hydrogen-bond acceptors (Lipinski definition) is 7. The Hall–Kier alpha value is -2.13. The second-order valence-corrected chi connectivity index (χ2v) is 6.90. The molecule has 1 atom stereocenters. The van der Waals surface area contributed by atoms with Crippen LogP contribution in [0, 0.1) is 0 Å². The summed E-state index contributed by atoms with van der Waals surface area (Å²) in [6.45, 7) is 0.537. The van der Waals surface area contributed by atoms with E-state index in [1.807, 2.05) is 0 Å². The molecule has 0 spiro atoms. The third kappa shape index (κ3) is 2.73. The maximum absolute atomic E-state index is 12.1. The normalized spacial score (nSPS) is 16.8. The van der Waals surface area contributed by atoms with Crippen molar-refractivity contribution in [1.29, 1.82) is 0 Å². The van der Waals surface area contributed by atoms with Crippen LogP contribution >= 0.6 is 0 Å². The predicted octanol–water partition coefficient (Wildman–Crippen LogP) is 0.667. The monoisotopic (exact) mass is 350 g/mol. The minimum absolute atomic E-state index is 0. The first-order valence-corrected chi connectivity index (χ1v) is 9.01. The molecule has 1 saturated carbocycles. The van der Waals surface area contributed by atoms with E-state index in [0.29, 0.717) is 47.1 Å². The Morgan fingerprint density at radius 2 is 2.08 bits per heavy atom. The molecular formula is C15H18N4O4S. The molecule has 1 aliphatic carbocycles. The number of hydrogen-bond donors (Lipinski definition) is 0. The standard InChI is InChI=1S/C15H16N4O3S.H2O/c1-21-14-10(11(8-3-4-8)16-7-17-14)12-18-13-9(5-6-22-13)15(19-12)23(2)20;/h7-8H,3-6H2,1-2H3;1H2. The molecule has 2 aromatic rings. The van der Waals surface area contributed by atoms with E-state index in [0.717, 1.165) is 24.1 Å². The zero-order chi connectivity index (χ0) is 16.0. The highest BCUT2D eigenvalue weighted by Gasteiger charge is 2.33. The Morgan fingerprint density at radius 1 is 1.29 bits per heavy atom. The Kier molecular flexibility index (Phi) is 4.46. The lowest BCUT2D eigenvalue weighted by Crippen LogP contribution is -2.06. The van der Waals surface area contributed by atoms with Crippen molar-refractivity contribution < 1.29 is 19.2 Å². The van der Waals surface area contributed by atoms with E-state index in [1.54, 1.807) is 13.4 Å². The molecule has 1 fully saturated rings. The number of nitrogens with zero attached hydrogens (tertiary/aromatic N) is 4. The smallest absolute Gasteiger partial charge is 0.227 e. The molecular weight excluding hydrogens is 332 g/mol. The second kappa shape index (κ2) is 6.40. The first-order chi connectivity index (χ1) is 11.2. The van der Waals surface area contributed by atoms with Gasteiger partial charge < -0.3 is 14.9 Å². The molecule has 2 aliphatic rings. The van der Waals surface area contributed by atoms with E-state index in [1.165, 1.54) is 6.33 Å². The van der Waals surface area contributed by atoms with Gasteiger partial charge in [-0.1, -0.05) is 0 Å². The summed E-state index contributed by atoms with van der Waals surface area (Å²) < 4.78 is 23.0. The lowest BCUT2D eigenvalue weighted by atomic mass is 10.1. The number of rotatable bonds is 4. The van der Waals surface area contributed by atoms with E-state index < -0.39 is 10.8 Å². The van der Waals surface area contributed by atoms with Crippen molar-refractivity contribution in [3.8, 4) is 23.1 Å². The molecule has 128 valence electrons. The first kappa shape index (κ1) is 16.7. The van der Waals surface area contributed by atoms with Crippen molar-refractivity contribution >= 4 is 10.8 Å². The third-order valence-electron chi connectivity index (χ3n) is 4.02. The number of methoxy groups -OCH3 is 1. The van der Waals surface area contributed by atoms with E-state index in [9.17, 15) is 4.21 Å². The van der Waals surface area contributed by atoms with Gasteiger partial charge in [-0.05, 0) is 12.8 Å². The third-order valence-corrected chi connectivity index (χ3v) is 4.90. The summed E-state index contributed by atoms with van der Waals surface area (Å²) in [7, 11) is 0.343. The summed E-state index contributed by atoms with van der Waals surface area (Å²) in [6.07, 6.45) is 5.97. The Balaban J connectivity index is 0.00000169. The molecule has 3 heterocycles. The highest BCUT2D eigenvalue weighted by molar-refractivity contribution is 7.84. The molecule has 2 N–H and O–H groups in total. The largest absolute Gasteiger partial charge is 0.480 e. The summed E-state index contributed by atoms with van der Waals surface area (Å²) in [5, 5.41) is 0.523. The van der Waals surface area contributed by atoms with Gasteiger partial charge in [0.15, 0.2) is 5.82 Å². The highest BCUT2D eigenvalue weighted by atomic mass is 32.2. The van der Waals surface area contributed by atoms with Crippen LogP contribution in [0.25, 0.3) is 11.4 Å². The lowest BCUT2D eigenvalue weighted by molar-refractivity contribution is 0.344. The summed E-state index contributed by atoms with van der Waals surface area (Å²) >= 11 is 0. The highest BCUT2D eigenvalue weighted by Crippen LogP contribution is 2.45. The van der Waals surface area contributed by atoms with E-state index >= 15 is 0 Å². The molecule has 0 bridgehead atoms. The molecule has 2 aromatic heterocycles. The van der Waals surface area contributed by atoms with Crippen LogP contribution in [0.3, 0.4) is 0 Å². The molecule has 1 aliphatic heterocycles. The number of ether oxygens (including phenoxy) is 2.